The summed E-state index contributed by atoms with van der Waals surface area (Å²) in [6.07, 6.45) is 2.33. The number of amides is 3. The van der Waals surface area contributed by atoms with Crippen molar-refractivity contribution in [3.8, 4) is 5.75 Å². The quantitative estimate of drug-likeness (QED) is 0.637. The van der Waals surface area contributed by atoms with Crippen LogP contribution < -0.4 is 20.9 Å². The minimum absolute atomic E-state index is 0.0571. The zero-order valence-corrected chi connectivity index (χ0v) is 18.1. The molecule has 5 rings (SSSR count). The van der Waals surface area contributed by atoms with Crippen molar-refractivity contribution in [2.75, 3.05) is 30.8 Å². The average molecular weight is 448 g/mol. The molecule has 2 atom stereocenters. The minimum Gasteiger partial charge on any atom is -0.497 e. The zero-order valence-electron chi connectivity index (χ0n) is 18.1. The largest absolute Gasteiger partial charge is 0.497 e. The third-order valence-electron chi connectivity index (χ3n) is 6.23. The number of aromatic nitrogens is 1. The van der Waals surface area contributed by atoms with Crippen LogP contribution in [0, 0.1) is 5.92 Å². The Morgan fingerprint density at radius 3 is 2.58 bits per heavy atom. The zero-order chi connectivity index (χ0) is 22.9. The van der Waals surface area contributed by atoms with Crippen molar-refractivity contribution in [3.63, 3.8) is 0 Å². The predicted octanol–water partition coefficient (Wildman–Crippen LogP) is 3.35. The summed E-state index contributed by atoms with van der Waals surface area (Å²) in [5.74, 6) is 0.623. The van der Waals surface area contributed by atoms with Gasteiger partial charge in [-0.05, 0) is 60.9 Å². The molecule has 9 nitrogen and oxygen atoms in total. The molecule has 1 saturated heterocycles. The molecule has 3 amide bonds. The fourth-order valence-electron chi connectivity index (χ4n) is 4.68. The van der Waals surface area contributed by atoms with Gasteiger partial charge >= 0.3 is 6.03 Å². The van der Waals surface area contributed by atoms with E-state index in [0.717, 1.165) is 17.9 Å². The molecule has 2 bridgehead atoms. The highest BCUT2D eigenvalue weighted by Gasteiger charge is 2.36. The van der Waals surface area contributed by atoms with E-state index in [1.807, 2.05) is 11.0 Å². The number of furan rings is 1. The normalized spacial score (nSPS) is 18.9. The molecule has 2 aromatic heterocycles. The fourth-order valence-corrected chi connectivity index (χ4v) is 4.68. The highest BCUT2D eigenvalue weighted by atomic mass is 16.5. The van der Waals surface area contributed by atoms with Crippen molar-refractivity contribution >= 4 is 23.3 Å². The lowest BCUT2D eigenvalue weighted by Gasteiger charge is -2.42. The van der Waals surface area contributed by atoms with E-state index in [4.69, 9.17) is 9.15 Å². The monoisotopic (exact) mass is 448 g/mol. The summed E-state index contributed by atoms with van der Waals surface area (Å²) in [4.78, 5) is 40.0. The van der Waals surface area contributed by atoms with E-state index in [1.54, 1.807) is 54.1 Å². The highest BCUT2D eigenvalue weighted by molar-refractivity contribution is 6.02. The van der Waals surface area contributed by atoms with E-state index < -0.39 is 5.91 Å². The second kappa shape index (κ2) is 8.50. The van der Waals surface area contributed by atoms with E-state index in [9.17, 15) is 14.4 Å². The van der Waals surface area contributed by atoms with E-state index in [2.05, 4.69) is 10.6 Å². The van der Waals surface area contributed by atoms with Crippen molar-refractivity contribution < 1.29 is 18.7 Å². The lowest BCUT2D eigenvalue weighted by molar-refractivity contribution is 0.0996. The Hall–Kier alpha value is -4.01. The van der Waals surface area contributed by atoms with Gasteiger partial charge in [-0.15, -0.1) is 0 Å². The van der Waals surface area contributed by atoms with Crippen LogP contribution in [0.3, 0.4) is 0 Å². The number of methoxy groups -OCH3 is 1. The molecule has 2 aliphatic rings. The van der Waals surface area contributed by atoms with Crippen LogP contribution in [0.25, 0.3) is 0 Å². The molecule has 2 N–H and O–H groups in total. The molecular weight excluding hydrogens is 424 g/mol. The molecule has 0 unspecified atom stereocenters. The summed E-state index contributed by atoms with van der Waals surface area (Å²) in [5, 5.41) is 5.58. The SMILES string of the molecule is COc1ccc(NC(=O)N2C[C@@H]3C[C@H](C2)c2ccc(NC(=O)c4ccco4)c(=O)n2C3)cc1. The Morgan fingerprint density at radius 1 is 1.03 bits per heavy atom. The first-order valence-corrected chi connectivity index (χ1v) is 10.8. The van der Waals surface area contributed by atoms with Gasteiger partial charge in [-0.1, -0.05) is 0 Å². The average Bonchev–Trinajstić information content (AvgIpc) is 3.37. The molecule has 4 heterocycles. The number of anilines is 2. The number of carbonyl (C=O) groups excluding carboxylic acids is 2. The number of benzene rings is 1. The summed E-state index contributed by atoms with van der Waals surface area (Å²) in [6.45, 7) is 1.59. The second-order valence-corrected chi connectivity index (χ2v) is 8.38. The molecule has 0 radical (unpaired) electrons. The minimum atomic E-state index is -0.463. The number of carbonyl (C=O) groups is 2. The summed E-state index contributed by atoms with van der Waals surface area (Å²) in [6, 6.07) is 13.7. The van der Waals surface area contributed by atoms with Gasteiger partial charge in [-0.25, -0.2) is 4.79 Å². The van der Waals surface area contributed by atoms with Gasteiger partial charge in [0.2, 0.25) is 0 Å². The Bertz CT molecular complexity index is 1230. The number of rotatable bonds is 4. The van der Waals surface area contributed by atoms with Crippen molar-refractivity contribution in [2.24, 2.45) is 5.92 Å². The van der Waals surface area contributed by atoms with Crippen LogP contribution in [0.1, 0.15) is 28.6 Å². The Morgan fingerprint density at radius 2 is 1.85 bits per heavy atom. The maximum absolute atomic E-state index is 13.1. The van der Waals surface area contributed by atoms with Crippen LogP contribution >= 0.6 is 0 Å². The van der Waals surface area contributed by atoms with Gasteiger partial charge in [0, 0.05) is 36.9 Å². The van der Waals surface area contributed by atoms with Crippen LogP contribution in [0.2, 0.25) is 0 Å². The Balaban J connectivity index is 1.31. The van der Waals surface area contributed by atoms with Gasteiger partial charge in [-0.3, -0.25) is 9.59 Å². The van der Waals surface area contributed by atoms with Crippen LogP contribution in [-0.4, -0.2) is 41.6 Å². The predicted molar refractivity (Wildman–Crippen MR) is 122 cm³/mol. The third kappa shape index (κ3) is 4.09. The first-order valence-electron chi connectivity index (χ1n) is 10.8. The topological polar surface area (TPSA) is 106 Å². The number of nitrogens with one attached hydrogen (secondary N) is 2. The molecule has 9 heteroatoms. The lowest BCUT2D eigenvalue weighted by Crippen LogP contribution is -2.50. The van der Waals surface area contributed by atoms with Crippen LogP contribution in [0.5, 0.6) is 5.75 Å². The van der Waals surface area contributed by atoms with Gasteiger partial charge in [0.05, 0.1) is 13.4 Å². The number of nitrogens with zero attached hydrogens (tertiary/aromatic N) is 2. The second-order valence-electron chi connectivity index (χ2n) is 8.38. The van der Waals surface area contributed by atoms with E-state index in [1.165, 1.54) is 6.26 Å². The number of fused-ring (bicyclic) bond motifs is 4. The van der Waals surface area contributed by atoms with Crippen LogP contribution in [0.4, 0.5) is 16.2 Å². The number of pyridine rings is 1. The van der Waals surface area contributed by atoms with E-state index >= 15 is 0 Å². The molecule has 1 aromatic carbocycles. The number of hydrogen-bond donors (Lipinski definition) is 2. The fraction of sp³-hybridized carbons (Fsp3) is 0.292. The summed E-state index contributed by atoms with van der Waals surface area (Å²) in [5.41, 5.74) is 1.56. The maximum Gasteiger partial charge on any atom is 0.321 e. The smallest absolute Gasteiger partial charge is 0.321 e. The maximum atomic E-state index is 13.1. The Kier molecular flexibility index (Phi) is 5.37. The molecule has 0 aliphatic carbocycles. The number of likely N-dealkylation sites (tertiary alicyclic amines) is 1. The molecule has 0 saturated carbocycles. The van der Waals surface area contributed by atoms with Crippen molar-refractivity contribution in [3.05, 3.63) is 76.6 Å². The number of piperidine rings is 1. The summed E-state index contributed by atoms with van der Waals surface area (Å²) in [7, 11) is 1.60. The molecule has 0 spiro atoms. The van der Waals surface area contributed by atoms with Crippen LogP contribution in [0.15, 0.2) is 64.0 Å². The van der Waals surface area contributed by atoms with Gasteiger partial charge in [0.25, 0.3) is 11.5 Å². The summed E-state index contributed by atoms with van der Waals surface area (Å²) < 4.78 is 12.0. The van der Waals surface area contributed by atoms with E-state index in [0.29, 0.717) is 25.3 Å². The molecule has 33 heavy (non-hydrogen) atoms. The van der Waals surface area contributed by atoms with Crippen LogP contribution in [-0.2, 0) is 6.54 Å². The standard InChI is InChI=1S/C24H24N4O5/c1-32-18-6-4-17(5-7-18)25-24(31)27-12-15-11-16(14-27)20-9-8-19(23(30)28(20)13-15)26-22(29)21-3-2-10-33-21/h2-10,15-16H,11-14H2,1H3,(H,25,31)(H,26,29)/t15-,16+/m0/s1. The number of urea groups is 1. The number of ether oxygens (including phenoxy) is 1. The van der Waals surface area contributed by atoms with Crippen molar-refractivity contribution in [2.45, 2.75) is 18.9 Å². The molecule has 170 valence electrons. The highest BCUT2D eigenvalue weighted by Crippen LogP contribution is 2.35. The third-order valence-corrected chi connectivity index (χ3v) is 6.23. The van der Waals surface area contributed by atoms with Gasteiger partial charge in [0.15, 0.2) is 5.76 Å². The van der Waals surface area contributed by atoms with Crippen molar-refractivity contribution in [1.29, 1.82) is 0 Å². The van der Waals surface area contributed by atoms with Crippen molar-refractivity contribution in [1.82, 2.24) is 9.47 Å². The van der Waals surface area contributed by atoms with Gasteiger partial charge < -0.3 is 29.3 Å². The first kappa shape index (κ1) is 20.9. The molecular formula is C24H24N4O5. The molecule has 1 fully saturated rings. The Labute approximate surface area is 190 Å². The summed E-state index contributed by atoms with van der Waals surface area (Å²) >= 11 is 0. The first-order chi connectivity index (χ1) is 16.0. The van der Waals surface area contributed by atoms with Gasteiger partial charge in [0.1, 0.15) is 11.4 Å². The van der Waals surface area contributed by atoms with E-state index in [-0.39, 0.29) is 34.9 Å². The molecule has 3 aromatic rings. The van der Waals surface area contributed by atoms with Gasteiger partial charge in [-0.2, -0.15) is 0 Å². The lowest BCUT2D eigenvalue weighted by atomic mass is 9.83. The number of hydrogen-bond acceptors (Lipinski definition) is 5. The molecule has 2 aliphatic heterocycles.